The highest BCUT2D eigenvalue weighted by molar-refractivity contribution is 5.32. The van der Waals surface area contributed by atoms with Gasteiger partial charge in [-0.25, -0.2) is 4.68 Å². The van der Waals surface area contributed by atoms with E-state index in [1.807, 2.05) is 0 Å². The summed E-state index contributed by atoms with van der Waals surface area (Å²) >= 11 is 0. The molecule has 5 nitrogen and oxygen atoms in total. The van der Waals surface area contributed by atoms with Crippen LogP contribution in [0.2, 0.25) is 0 Å². The zero-order valence-electron chi connectivity index (χ0n) is 5.07. The lowest BCUT2D eigenvalue weighted by atomic mass is 10.5. The Balaban J connectivity index is 3.04. The SMILES string of the molecule is Cn1nnc(CO)c1N. The van der Waals surface area contributed by atoms with E-state index in [-0.39, 0.29) is 6.61 Å². The third kappa shape index (κ3) is 0.857. The first kappa shape index (κ1) is 6.03. The van der Waals surface area contributed by atoms with Gasteiger partial charge in [0.25, 0.3) is 0 Å². The van der Waals surface area contributed by atoms with E-state index in [9.17, 15) is 0 Å². The Labute approximate surface area is 52.1 Å². The summed E-state index contributed by atoms with van der Waals surface area (Å²) in [5, 5.41) is 15.7. The van der Waals surface area contributed by atoms with Crippen LogP contribution in [-0.2, 0) is 13.7 Å². The van der Waals surface area contributed by atoms with Gasteiger partial charge in [0.05, 0.1) is 6.61 Å². The second kappa shape index (κ2) is 2.02. The Morgan fingerprint density at radius 1 is 1.78 bits per heavy atom. The van der Waals surface area contributed by atoms with Gasteiger partial charge in [-0.15, -0.1) is 5.10 Å². The van der Waals surface area contributed by atoms with Gasteiger partial charge in [0.2, 0.25) is 0 Å². The topological polar surface area (TPSA) is 77.0 Å². The highest BCUT2D eigenvalue weighted by Crippen LogP contribution is 2.03. The van der Waals surface area contributed by atoms with Crippen molar-refractivity contribution < 1.29 is 5.11 Å². The fourth-order valence-electron chi connectivity index (χ4n) is 0.520. The number of aromatic nitrogens is 3. The summed E-state index contributed by atoms with van der Waals surface area (Å²) in [4.78, 5) is 0. The molecule has 1 aromatic heterocycles. The number of rotatable bonds is 1. The Morgan fingerprint density at radius 3 is 2.67 bits per heavy atom. The van der Waals surface area contributed by atoms with E-state index in [1.165, 1.54) is 4.68 Å². The summed E-state index contributed by atoms with van der Waals surface area (Å²) in [6, 6.07) is 0. The predicted octanol–water partition coefficient (Wildman–Crippen LogP) is -1.11. The van der Waals surface area contributed by atoms with Gasteiger partial charge in [-0.3, -0.25) is 0 Å². The number of hydrogen-bond acceptors (Lipinski definition) is 4. The molecule has 0 aliphatic rings. The van der Waals surface area contributed by atoms with Gasteiger partial charge < -0.3 is 10.8 Å². The molecule has 5 heteroatoms. The number of hydrogen-bond donors (Lipinski definition) is 2. The maximum Gasteiger partial charge on any atom is 0.147 e. The normalized spacial score (nSPS) is 10.0. The molecule has 0 fully saturated rings. The summed E-state index contributed by atoms with van der Waals surface area (Å²) < 4.78 is 1.41. The third-order valence-corrected chi connectivity index (χ3v) is 1.09. The molecule has 0 radical (unpaired) electrons. The van der Waals surface area contributed by atoms with E-state index < -0.39 is 0 Å². The van der Waals surface area contributed by atoms with Gasteiger partial charge in [-0.05, 0) is 0 Å². The number of aliphatic hydroxyl groups excluding tert-OH is 1. The van der Waals surface area contributed by atoms with E-state index in [2.05, 4.69) is 10.3 Å². The van der Waals surface area contributed by atoms with Gasteiger partial charge in [0.1, 0.15) is 11.5 Å². The molecule has 0 spiro atoms. The van der Waals surface area contributed by atoms with Crippen molar-refractivity contribution in [2.75, 3.05) is 5.73 Å². The molecule has 1 rings (SSSR count). The molecule has 0 amide bonds. The van der Waals surface area contributed by atoms with Gasteiger partial charge >= 0.3 is 0 Å². The minimum atomic E-state index is -0.153. The molecule has 0 aromatic carbocycles. The minimum absolute atomic E-state index is 0.153. The summed E-state index contributed by atoms with van der Waals surface area (Å²) in [5.74, 6) is 0.414. The van der Waals surface area contributed by atoms with Crippen molar-refractivity contribution in [1.82, 2.24) is 15.0 Å². The van der Waals surface area contributed by atoms with Crippen LogP contribution in [-0.4, -0.2) is 20.1 Å². The number of nitrogens with zero attached hydrogens (tertiary/aromatic N) is 3. The minimum Gasteiger partial charge on any atom is -0.390 e. The Kier molecular flexibility index (Phi) is 1.35. The van der Waals surface area contributed by atoms with Gasteiger partial charge in [0, 0.05) is 7.05 Å². The summed E-state index contributed by atoms with van der Waals surface area (Å²) in [6.45, 7) is -0.153. The average Bonchev–Trinajstić information content (AvgIpc) is 2.15. The molecule has 0 atom stereocenters. The first-order valence-corrected chi connectivity index (χ1v) is 2.50. The van der Waals surface area contributed by atoms with Crippen LogP contribution in [0.1, 0.15) is 5.69 Å². The zero-order valence-corrected chi connectivity index (χ0v) is 5.07. The molecule has 0 aliphatic carbocycles. The molecule has 1 heterocycles. The van der Waals surface area contributed by atoms with Crippen molar-refractivity contribution >= 4 is 5.82 Å². The highest BCUT2D eigenvalue weighted by atomic mass is 16.3. The van der Waals surface area contributed by atoms with Crippen LogP contribution in [0.15, 0.2) is 0 Å². The molecule has 1 aromatic rings. The molecule has 0 aliphatic heterocycles. The van der Waals surface area contributed by atoms with Crippen LogP contribution in [0.25, 0.3) is 0 Å². The highest BCUT2D eigenvalue weighted by Gasteiger charge is 2.02. The molecule has 0 unspecified atom stereocenters. The molecule has 0 bridgehead atoms. The second-order valence-electron chi connectivity index (χ2n) is 1.70. The van der Waals surface area contributed by atoms with E-state index >= 15 is 0 Å². The van der Waals surface area contributed by atoms with Crippen molar-refractivity contribution in [2.24, 2.45) is 7.05 Å². The second-order valence-corrected chi connectivity index (χ2v) is 1.70. The van der Waals surface area contributed by atoms with Crippen molar-refractivity contribution in [3.8, 4) is 0 Å². The van der Waals surface area contributed by atoms with Crippen molar-refractivity contribution in [1.29, 1.82) is 0 Å². The van der Waals surface area contributed by atoms with E-state index in [0.717, 1.165) is 0 Å². The van der Waals surface area contributed by atoms with Crippen molar-refractivity contribution in [2.45, 2.75) is 6.61 Å². The molecule has 50 valence electrons. The number of nitrogens with two attached hydrogens (primary N) is 1. The fraction of sp³-hybridized carbons (Fsp3) is 0.500. The van der Waals surface area contributed by atoms with Crippen LogP contribution in [0, 0.1) is 0 Å². The van der Waals surface area contributed by atoms with Gasteiger partial charge in [0.15, 0.2) is 0 Å². The van der Waals surface area contributed by atoms with E-state index in [0.29, 0.717) is 11.5 Å². The monoisotopic (exact) mass is 128 g/mol. The van der Waals surface area contributed by atoms with Crippen LogP contribution in [0.4, 0.5) is 5.82 Å². The summed E-state index contributed by atoms with van der Waals surface area (Å²) in [6.07, 6.45) is 0. The quantitative estimate of drug-likeness (QED) is 0.502. The lowest BCUT2D eigenvalue weighted by molar-refractivity contribution is 0.277. The van der Waals surface area contributed by atoms with E-state index in [4.69, 9.17) is 10.8 Å². The first-order chi connectivity index (χ1) is 4.25. The Bertz CT molecular complexity index is 206. The average molecular weight is 128 g/mol. The number of aryl methyl sites for hydroxylation is 1. The summed E-state index contributed by atoms with van der Waals surface area (Å²) in [5.41, 5.74) is 5.82. The molecule has 3 N–H and O–H groups in total. The number of aliphatic hydroxyl groups is 1. The van der Waals surface area contributed by atoms with Crippen LogP contribution in [0.5, 0.6) is 0 Å². The molecule has 0 saturated heterocycles. The molecular weight excluding hydrogens is 120 g/mol. The molecular formula is C4H8N4O. The standard InChI is InChI=1S/C4H8N4O/c1-8-4(5)3(2-9)6-7-8/h9H,2,5H2,1H3. The lowest BCUT2D eigenvalue weighted by Crippen LogP contribution is -1.99. The number of nitrogen functional groups attached to an aromatic ring is 1. The maximum atomic E-state index is 8.54. The largest absolute Gasteiger partial charge is 0.390 e. The third-order valence-electron chi connectivity index (χ3n) is 1.09. The predicted molar refractivity (Wildman–Crippen MR) is 31.3 cm³/mol. The van der Waals surface area contributed by atoms with Gasteiger partial charge in [-0.2, -0.15) is 0 Å². The first-order valence-electron chi connectivity index (χ1n) is 2.50. The van der Waals surface area contributed by atoms with Crippen LogP contribution < -0.4 is 5.73 Å². The lowest BCUT2D eigenvalue weighted by Gasteiger charge is -1.90. The Hall–Kier alpha value is -1.10. The molecule has 0 saturated carbocycles. The van der Waals surface area contributed by atoms with Crippen molar-refractivity contribution in [3.05, 3.63) is 5.69 Å². The summed E-state index contributed by atoms with van der Waals surface area (Å²) in [7, 11) is 1.67. The van der Waals surface area contributed by atoms with E-state index in [1.54, 1.807) is 7.05 Å². The van der Waals surface area contributed by atoms with Crippen LogP contribution in [0.3, 0.4) is 0 Å². The Morgan fingerprint density at radius 2 is 2.44 bits per heavy atom. The van der Waals surface area contributed by atoms with Crippen molar-refractivity contribution in [3.63, 3.8) is 0 Å². The molecule has 9 heavy (non-hydrogen) atoms. The smallest absolute Gasteiger partial charge is 0.147 e. The number of anilines is 1. The maximum absolute atomic E-state index is 8.54. The van der Waals surface area contributed by atoms with Crippen LogP contribution >= 0.6 is 0 Å². The van der Waals surface area contributed by atoms with Gasteiger partial charge in [-0.1, -0.05) is 5.21 Å². The zero-order chi connectivity index (χ0) is 6.85. The fourth-order valence-corrected chi connectivity index (χ4v) is 0.520.